The van der Waals surface area contributed by atoms with Crippen molar-refractivity contribution in [3.63, 3.8) is 0 Å². The molecule has 0 radical (unpaired) electrons. The van der Waals surface area contributed by atoms with E-state index in [2.05, 4.69) is 21.0 Å². The molecular formula is C5H11N5O. The van der Waals surface area contributed by atoms with Gasteiger partial charge in [-0.25, -0.2) is 4.68 Å². The van der Waals surface area contributed by atoms with Crippen molar-refractivity contribution in [2.45, 2.75) is 13.0 Å². The summed E-state index contributed by atoms with van der Waals surface area (Å²) in [5.41, 5.74) is 2.73. The lowest BCUT2D eigenvalue weighted by Crippen LogP contribution is -2.20. The Morgan fingerprint density at radius 2 is 2.36 bits per heavy atom. The summed E-state index contributed by atoms with van der Waals surface area (Å²) in [6.45, 7) is 1.91. The predicted octanol–water partition coefficient (Wildman–Crippen LogP) is -0.578. The Morgan fingerprint density at radius 3 is 2.82 bits per heavy atom. The van der Waals surface area contributed by atoms with Crippen molar-refractivity contribution >= 4 is 0 Å². The van der Waals surface area contributed by atoms with Crippen LogP contribution in [0.25, 0.3) is 0 Å². The molecule has 1 rings (SSSR count). The molecule has 0 aromatic carbocycles. The molecule has 11 heavy (non-hydrogen) atoms. The van der Waals surface area contributed by atoms with Crippen molar-refractivity contribution in [2.75, 3.05) is 7.11 Å². The van der Waals surface area contributed by atoms with Crippen LogP contribution in [0.15, 0.2) is 0 Å². The monoisotopic (exact) mass is 157 g/mol. The number of rotatable bonds is 3. The van der Waals surface area contributed by atoms with E-state index in [9.17, 15) is 0 Å². The van der Waals surface area contributed by atoms with Crippen LogP contribution in [0, 0.1) is 0 Å². The van der Waals surface area contributed by atoms with E-state index < -0.39 is 0 Å². The fourth-order valence-corrected chi connectivity index (χ4v) is 0.833. The first-order chi connectivity index (χ1) is 5.25. The second-order valence-corrected chi connectivity index (χ2v) is 2.20. The van der Waals surface area contributed by atoms with Gasteiger partial charge < -0.3 is 4.84 Å². The largest absolute Gasteiger partial charge is 0.304 e. The average Bonchev–Trinajstić information content (AvgIpc) is 2.36. The quantitative estimate of drug-likeness (QED) is 0.595. The molecule has 6 heteroatoms. The van der Waals surface area contributed by atoms with E-state index in [-0.39, 0.29) is 6.04 Å². The van der Waals surface area contributed by atoms with Gasteiger partial charge in [-0.1, -0.05) is 0 Å². The van der Waals surface area contributed by atoms with Crippen LogP contribution in [0.5, 0.6) is 0 Å². The molecule has 1 atom stereocenters. The van der Waals surface area contributed by atoms with Crippen LogP contribution in [0.3, 0.4) is 0 Å². The number of nitrogens with zero attached hydrogens (tertiary/aromatic N) is 4. The Kier molecular flexibility index (Phi) is 2.50. The maximum atomic E-state index is 4.72. The highest BCUT2D eigenvalue weighted by Crippen LogP contribution is 2.04. The van der Waals surface area contributed by atoms with Crippen LogP contribution >= 0.6 is 0 Å². The first kappa shape index (κ1) is 8.09. The minimum Gasteiger partial charge on any atom is -0.304 e. The number of aryl methyl sites for hydroxylation is 1. The molecule has 1 aromatic heterocycles. The van der Waals surface area contributed by atoms with Gasteiger partial charge >= 0.3 is 0 Å². The molecule has 0 aliphatic heterocycles. The van der Waals surface area contributed by atoms with E-state index in [0.29, 0.717) is 0 Å². The van der Waals surface area contributed by atoms with E-state index >= 15 is 0 Å². The van der Waals surface area contributed by atoms with Crippen LogP contribution in [-0.4, -0.2) is 27.3 Å². The maximum absolute atomic E-state index is 4.72. The van der Waals surface area contributed by atoms with Gasteiger partial charge in [0.25, 0.3) is 0 Å². The standard InChI is InChI=1S/C5H11N5O/c1-4(7-11-3)5-6-8-9-10(5)2/h4,7H,1-3H3. The van der Waals surface area contributed by atoms with Crippen LogP contribution in [0.4, 0.5) is 0 Å². The minimum atomic E-state index is -0.000000000000000666. The first-order valence-corrected chi connectivity index (χ1v) is 3.26. The summed E-state index contributed by atoms with van der Waals surface area (Å²) in [6.07, 6.45) is 0. The maximum Gasteiger partial charge on any atom is 0.170 e. The van der Waals surface area contributed by atoms with Gasteiger partial charge in [0.05, 0.1) is 13.2 Å². The molecule has 0 spiro atoms. The van der Waals surface area contributed by atoms with Crippen molar-refractivity contribution in [1.29, 1.82) is 0 Å². The Labute approximate surface area is 64.5 Å². The van der Waals surface area contributed by atoms with Crippen molar-refractivity contribution < 1.29 is 4.84 Å². The molecule has 0 saturated heterocycles. The molecule has 0 bridgehead atoms. The highest BCUT2D eigenvalue weighted by Gasteiger charge is 2.10. The lowest BCUT2D eigenvalue weighted by atomic mass is 10.3. The van der Waals surface area contributed by atoms with Crippen LogP contribution < -0.4 is 5.48 Å². The van der Waals surface area contributed by atoms with Gasteiger partial charge in [0, 0.05) is 7.05 Å². The smallest absolute Gasteiger partial charge is 0.170 e. The Bertz CT molecular complexity index is 222. The third kappa shape index (κ3) is 1.72. The van der Waals surface area contributed by atoms with Gasteiger partial charge in [-0.3, -0.25) is 0 Å². The molecule has 1 N–H and O–H groups in total. The third-order valence-corrected chi connectivity index (χ3v) is 1.33. The molecule has 0 saturated carbocycles. The number of hydrogen-bond donors (Lipinski definition) is 1. The van der Waals surface area contributed by atoms with E-state index in [1.54, 1.807) is 18.8 Å². The molecule has 1 unspecified atom stereocenters. The van der Waals surface area contributed by atoms with Crippen LogP contribution in [-0.2, 0) is 11.9 Å². The summed E-state index contributed by atoms with van der Waals surface area (Å²) >= 11 is 0. The molecule has 1 aromatic rings. The summed E-state index contributed by atoms with van der Waals surface area (Å²) < 4.78 is 1.59. The number of tetrazole rings is 1. The summed E-state index contributed by atoms with van der Waals surface area (Å²) in [4.78, 5) is 4.72. The predicted molar refractivity (Wildman–Crippen MR) is 37.4 cm³/mol. The fourth-order valence-electron chi connectivity index (χ4n) is 0.833. The molecule has 1 heterocycles. The van der Waals surface area contributed by atoms with Crippen LogP contribution in [0.1, 0.15) is 18.8 Å². The SMILES string of the molecule is CONC(C)c1nnnn1C. The number of aromatic nitrogens is 4. The lowest BCUT2D eigenvalue weighted by molar-refractivity contribution is 0.0623. The summed E-state index contributed by atoms with van der Waals surface area (Å²) in [6, 6.07) is -0.000000000000000666. The zero-order valence-corrected chi connectivity index (χ0v) is 6.77. The normalized spacial score (nSPS) is 13.4. The van der Waals surface area contributed by atoms with Gasteiger partial charge in [0.15, 0.2) is 5.82 Å². The van der Waals surface area contributed by atoms with Crippen molar-refractivity contribution in [3.8, 4) is 0 Å². The number of nitrogens with one attached hydrogen (secondary N) is 1. The summed E-state index contributed by atoms with van der Waals surface area (Å²) in [7, 11) is 3.34. The molecule has 0 aliphatic rings. The third-order valence-electron chi connectivity index (χ3n) is 1.33. The van der Waals surface area contributed by atoms with E-state index in [1.807, 2.05) is 6.92 Å². The summed E-state index contributed by atoms with van der Waals surface area (Å²) in [5, 5.41) is 11.0. The number of hydroxylamine groups is 1. The van der Waals surface area contributed by atoms with Gasteiger partial charge in [0.1, 0.15) is 0 Å². The number of hydrogen-bond acceptors (Lipinski definition) is 5. The van der Waals surface area contributed by atoms with Crippen molar-refractivity contribution in [2.24, 2.45) is 7.05 Å². The molecule has 0 fully saturated rings. The van der Waals surface area contributed by atoms with Crippen molar-refractivity contribution in [3.05, 3.63) is 5.82 Å². The van der Waals surface area contributed by atoms with E-state index in [1.165, 1.54) is 0 Å². The highest BCUT2D eigenvalue weighted by atomic mass is 16.6. The molecular weight excluding hydrogens is 146 g/mol. The summed E-state index contributed by atoms with van der Waals surface area (Å²) in [5.74, 6) is 0.742. The topological polar surface area (TPSA) is 64.9 Å². The van der Waals surface area contributed by atoms with E-state index in [0.717, 1.165) is 5.82 Å². The zero-order valence-electron chi connectivity index (χ0n) is 6.77. The minimum absolute atomic E-state index is 0.000000000000000666. The highest BCUT2D eigenvalue weighted by molar-refractivity contribution is 4.86. The van der Waals surface area contributed by atoms with Gasteiger partial charge in [-0.15, -0.1) is 5.10 Å². The second kappa shape index (κ2) is 3.40. The fraction of sp³-hybridized carbons (Fsp3) is 0.800. The molecule has 6 nitrogen and oxygen atoms in total. The Hall–Kier alpha value is -1.01. The lowest BCUT2D eigenvalue weighted by Gasteiger charge is -2.08. The van der Waals surface area contributed by atoms with Crippen molar-refractivity contribution in [1.82, 2.24) is 25.7 Å². The van der Waals surface area contributed by atoms with Gasteiger partial charge in [0.2, 0.25) is 0 Å². The van der Waals surface area contributed by atoms with Gasteiger partial charge in [-0.05, 0) is 17.4 Å². The Morgan fingerprint density at radius 1 is 1.64 bits per heavy atom. The first-order valence-electron chi connectivity index (χ1n) is 3.26. The molecule has 0 amide bonds. The molecule has 62 valence electrons. The Balaban J connectivity index is 2.67. The average molecular weight is 157 g/mol. The molecule has 0 aliphatic carbocycles. The second-order valence-electron chi connectivity index (χ2n) is 2.20. The zero-order chi connectivity index (χ0) is 8.27. The van der Waals surface area contributed by atoms with Gasteiger partial charge in [-0.2, -0.15) is 5.48 Å². The van der Waals surface area contributed by atoms with Crippen LogP contribution in [0.2, 0.25) is 0 Å². The van der Waals surface area contributed by atoms with E-state index in [4.69, 9.17) is 4.84 Å².